The number of benzene rings is 2. The largest absolute Gasteiger partial charge is 0.377 e. The number of nitrogens with zero attached hydrogens (tertiary/aromatic N) is 2. The topological polar surface area (TPSA) is 122 Å². The van der Waals surface area contributed by atoms with Crippen LogP contribution >= 0.6 is 0 Å². The molecule has 9 nitrogen and oxygen atoms in total. The van der Waals surface area contributed by atoms with E-state index in [2.05, 4.69) is 10.0 Å². The zero-order valence-corrected chi connectivity index (χ0v) is 17.7. The number of nitro groups is 1. The third-order valence-corrected chi connectivity index (χ3v) is 5.52. The van der Waals surface area contributed by atoms with Crippen LogP contribution < -0.4 is 14.9 Å². The van der Waals surface area contributed by atoms with Crippen LogP contribution in [0.2, 0.25) is 0 Å². The first-order valence-corrected chi connectivity index (χ1v) is 10.2. The lowest BCUT2D eigenvalue weighted by molar-refractivity contribution is -0.384. The first-order chi connectivity index (χ1) is 13.3. The van der Waals surface area contributed by atoms with E-state index < -0.39 is 26.4 Å². The molecule has 0 aliphatic heterocycles. The first kappa shape index (κ1) is 22.3. The maximum Gasteiger partial charge on any atom is 0.270 e. The SMILES string of the molecule is CN(C)c1ccc([N+](=O)[O-])cc1C(=O)Nc1cccc(S(=O)(=O)NC(C)(C)C)c1. The van der Waals surface area contributed by atoms with Gasteiger partial charge in [0.05, 0.1) is 15.4 Å². The number of sulfonamides is 1. The molecule has 0 atom stereocenters. The van der Waals surface area contributed by atoms with Crippen molar-refractivity contribution in [3.8, 4) is 0 Å². The molecule has 29 heavy (non-hydrogen) atoms. The van der Waals surface area contributed by atoms with Crippen molar-refractivity contribution < 1.29 is 18.1 Å². The normalized spacial score (nSPS) is 11.8. The predicted octanol–water partition coefficient (Wildman–Crippen LogP) is 2.99. The average molecular weight is 420 g/mol. The molecule has 2 aromatic rings. The smallest absolute Gasteiger partial charge is 0.270 e. The summed E-state index contributed by atoms with van der Waals surface area (Å²) in [5.74, 6) is -0.587. The summed E-state index contributed by atoms with van der Waals surface area (Å²) in [6.45, 7) is 5.17. The fraction of sp³-hybridized carbons (Fsp3) is 0.316. The zero-order chi connectivity index (χ0) is 22.0. The van der Waals surface area contributed by atoms with Crippen LogP contribution in [-0.4, -0.2) is 38.9 Å². The number of hydrogen-bond donors (Lipinski definition) is 2. The quantitative estimate of drug-likeness (QED) is 0.547. The molecule has 10 heteroatoms. The number of amides is 1. The molecule has 0 radical (unpaired) electrons. The predicted molar refractivity (Wildman–Crippen MR) is 112 cm³/mol. The summed E-state index contributed by atoms with van der Waals surface area (Å²) < 4.78 is 27.6. The van der Waals surface area contributed by atoms with E-state index in [1.54, 1.807) is 45.8 Å². The highest BCUT2D eigenvalue weighted by molar-refractivity contribution is 7.89. The van der Waals surface area contributed by atoms with Gasteiger partial charge in [0.2, 0.25) is 10.0 Å². The van der Waals surface area contributed by atoms with Gasteiger partial charge >= 0.3 is 0 Å². The molecule has 0 aliphatic rings. The van der Waals surface area contributed by atoms with Gasteiger partial charge in [-0.3, -0.25) is 14.9 Å². The van der Waals surface area contributed by atoms with Gasteiger partial charge in [0.25, 0.3) is 11.6 Å². The Balaban J connectivity index is 2.37. The molecule has 0 unspecified atom stereocenters. The van der Waals surface area contributed by atoms with Gasteiger partial charge in [-0.2, -0.15) is 0 Å². The van der Waals surface area contributed by atoms with E-state index in [4.69, 9.17) is 0 Å². The molecular weight excluding hydrogens is 396 g/mol. The fourth-order valence-electron chi connectivity index (χ4n) is 2.61. The van der Waals surface area contributed by atoms with Gasteiger partial charge in [0, 0.05) is 43.1 Å². The molecule has 1 amide bonds. The third kappa shape index (κ3) is 5.75. The fourth-order valence-corrected chi connectivity index (χ4v) is 4.07. The molecule has 0 bridgehead atoms. The first-order valence-electron chi connectivity index (χ1n) is 8.71. The van der Waals surface area contributed by atoms with Crippen LogP contribution in [0.25, 0.3) is 0 Å². The maximum atomic E-state index is 12.8. The highest BCUT2D eigenvalue weighted by Gasteiger charge is 2.23. The molecule has 0 fully saturated rings. The average Bonchev–Trinajstić information content (AvgIpc) is 2.59. The van der Waals surface area contributed by atoms with Crippen molar-refractivity contribution >= 4 is 33.0 Å². The maximum absolute atomic E-state index is 12.8. The van der Waals surface area contributed by atoms with Crippen LogP contribution in [0.3, 0.4) is 0 Å². The van der Waals surface area contributed by atoms with Gasteiger partial charge in [0.15, 0.2) is 0 Å². The highest BCUT2D eigenvalue weighted by atomic mass is 32.2. The zero-order valence-electron chi connectivity index (χ0n) is 16.9. The lowest BCUT2D eigenvalue weighted by Crippen LogP contribution is -2.40. The van der Waals surface area contributed by atoms with Crippen molar-refractivity contribution in [2.45, 2.75) is 31.2 Å². The van der Waals surface area contributed by atoms with Crippen molar-refractivity contribution in [1.82, 2.24) is 4.72 Å². The van der Waals surface area contributed by atoms with Crippen LogP contribution in [0, 0.1) is 10.1 Å². The second kappa shape index (κ2) is 8.18. The molecule has 0 saturated carbocycles. The van der Waals surface area contributed by atoms with Crippen LogP contribution in [0.5, 0.6) is 0 Å². The molecule has 156 valence electrons. The molecule has 2 N–H and O–H groups in total. The van der Waals surface area contributed by atoms with Crippen molar-refractivity contribution in [3.63, 3.8) is 0 Å². The van der Waals surface area contributed by atoms with E-state index in [9.17, 15) is 23.3 Å². The molecule has 0 heterocycles. The number of anilines is 2. The lowest BCUT2D eigenvalue weighted by Gasteiger charge is -2.20. The molecule has 2 rings (SSSR count). The monoisotopic (exact) mass is 420 g/mol. The van der Waals surface area contributed by atoms with Crippen molar-refractivity contribution in [1.29, 1.82) is 0 Å². The minimum absolute atomic E-state index is 0.00268. The van der Waals surface area contributed by atoms with Crippen molar-refractivity contribution in [3.05, 3.63) is 58.1 Å². The number of non-ortho nitro benzene ring substituents is 1. The van der Waals surface area contributed by atoms with Crippen LogP contribution in [-0.2, 0) is 10.0 Å². The highest BCUT2D eigenvalue weighted by Crippen LogP contribution is 2.26. The van der Waals surface area contributed by atoms with Gasteiger partial charge < -0.3 is 10.2 Å². The summed E-state index contributed by atoms with van der Waals surface area (Å²) in [4.78, 5) is 24.9. The number of carbonyl (C=O) groups excluding carboxylic acids is 1. The Morgan fingerprint density at radius 3 is 2.31 bits per heavy atom. The minimum atomic E-state index is -3.78. The lowest BCUT2D eigenvalue weighted by atomic mass is 10.1. The summed E-state index contributed by atoms with van der Waals surface area (Å²) in [6, 6.07) is 9.79. The van der Waals surface area contributed by atoms with Gasteiger partial charge in [-0.05, 0) is 45.0 Å². The van der Waals surface area contributed by atoms with E-state index in [-0.39, 0.29) is 21.8 Å². The second-order valence-corrected chi connectivity index (χ2v) is 9.37. The number of hydrogen-bond acceptors (Lipinski definition) is 6. The summed E-state index contributed by atoms with van der Waals surface area (Å²) >= 11 is 0. The van der Waals surface area contributed by atoms with Crippen LogP contribution in [0.1, 0.15) is 31.1 Å². The molecule has 0 spiro atoms. The van der Waals surface area contributed by atoms with E-state index in [0.29, 0.717) is 5.69 Å². The van der Waals surface area contributed by atoms with Crippen LogP contribution in [0.15, 0.2) is 47.4 Å². The van der Waals surface area contributed by atoms with Gasteiger partial charge in [-0.15, -0.1) is 0 Å². The number of carbonyl (C=O) groups is 1. The van der Waals surface area contributed by atoms with Gasteiger partial charge in [0.1, 0.15) is 0 Å². The van der Waals surface area contributed by atoms with Crippen molar-refractivity contribution in [2.75, 3.05) is 24.3 Å². The third-order valence-electron chi connectivity index (χ3n) is 3.76. The van der Waals surface area contributed by atoms with E-state index in [0.717, 1.165) is 0 Å². The number of rotatable bonds is 6. The standard InChI is InChI=1S/C19H24N4O5S/c1-19(2,3)21-29(27,28)15-8-6-7-13(11-15)20-18(24)16-12-14(23(25)26)9-10-17(16)22(4)5/h6-12,21H,1-5H3,(H,20,24). The van der Waals surface area contributed by atoms with Gasteiger partial charge in [-0.1, -0.05) is 6.07 Å². The van der Waals surface area contributed by atoms with Crippen LogP contribution in [0.4, 0.5) is 17.1 Å². The van der Waals surface area contributed by atoms with E-state index >= 15 is 0 Å². The van der Waals surface area contributed by atoms with Crippen molar-refractivity contribution in [2.24, 2.45) is 0 Å². The summed E-state index contributed by atoms with van der Waals surface area (Å²) in [7, 11) is -0.356. The Morgan fingerprint density at radius 2 is 1.76 bits per heavy atom. The minimum Gasteiger partial charge on any atom is -0.377 e. The Labute approximate surface area is 169 Å². The second-order valence-electron chi connectivity index (χ2n) is 7.69. The molecule has 0 aliphatic carbocycles. The summed E-state index contributed by atoms with van der Waals surface area (Å²) in [5.41, 5.74) is -0.0344. The Hall–Kier alpha value is -2.98. The molecule has 2 aromatic carbocycles. The summed E-state index contributed by atoms with van der Waals surface area (Å²) in [6.07, 6.45) is 0. The number of nitro benzene ring substituents is 1. The van der Waals surface area contributed by atoms with E-state index in [1.807, 2.05) is 0 Å². The van der Waals surface area contributed by atoms with E-state index in [1.165, 1.54) is 36.4 Å². The Bertz CT molecular complexity index is 1040. The molecule has 0 aromatic heterocycles. The molecular formula is C19H24N4O5S. The number of nitrogens with one attached hydrogen (secondary N) is 2. The Kier molecular flexibility index (Phi) is 6.29. The van der Waals surface area contributed by atoms with Gasteiger partial charge in [-0.25, -0.2) is 13.1 Å². The Morgan fingerprint density at radius 1 is 1.10 bits per heavy atom. The molecule has 0 saturated heterocycles. The summed E-state index contributed by atoms with van der Waals surface area (Å²) in [5, 5.41) is 13.7.